The number of hydrogen-bond acceptors (Lipinski definition) is 5. The molecular formula is C22H28N4O2. The zero-order valence-electron chi connectivity index (χ0n) is 16.3. The third-order valence-corrected chi connectivity index (χ3v) is 7.07. The maximum absolute atomic E-state index is 12.8. The summed E-state index contributed by atoms with van der Waals surface area (Å²) in [6.07, 6.45) is 8.13. The third kappa shape index (κ3) is 2.94. The first kappa shape index (κ1) is 17.9. The largest absolute Gasteiger partial charge is 0.393 e. The molecule has 1 atom stereocenters. The molecule has 3 heterocycles. The molecule has 1 aliphatic carbocycles. The van der Waals surface area contributed by atoms with Gasteiger partial charge in [-0.2, -0.15) is 0 Å². The van der Waals surface area contributed by atoms with Gasteiger partial charge in [-0.15, -0.1) is 0 Å². The van der Waals surface area contributed by atoms with Gasteiger partial charge in [-0.1, -0.05) is 12.1 Å². The average molecular weight is 380 g/mol. The normalized spacial score (nSPS) is 30.5. The van der Waals surface area contributed by atoms with Crippen LogP contribution >= 0.6 is 0 Å². The Labute approximate surface area is 165 Å². The smallest absolute Gasteiger partial charge is 0.225 e. The Hall–Kier alpha value is -2.21. The number of aliphatic hydroxyl groups is 1. The highest BCUT2D eigenvalue weighted by molar-refractivity contribution is 5.89. The number of carbonyl (C=O) groups excluding carboxylic acids is 1. The van der Waals surface area contributed by atoms with Crippen LogP contribution in [0.25, 0.3) is 10.9 Å². The van der Waals surface area contributed by atoms with E-state index in [2.05, 4.69) is 31.9 Å². The zero-order valence-corrected chi connectivity index (χ0v) is 16.3. The van der Waals surface area contributed by atoms with Crippen molar-refractivity contribution < 1.29 is 9.90 Å². The van der Waals surface area contributed by atoms with E-state index in [1.54, 1.807) is 6.33 Å². The van der Waals surface area contributed by atoms with Gasteiger partial charge in [0.1, 0.15) is 12.1 Å². The fourth-order valence-electron chi connectivity index (χ4n) is 5.44. The molecule has 1 aromatic heterocycles. The van der Waals surface area contributed by atoms with E-state index in [1.807, 2.05) is 12.1 Å². The van der Waals surface area contributed by atoms with Gasteiger partial charge in [0.25, 0.3) is 0 Å². The molecule has 0 bridgehead atoms. The van der Waals surface area contributed by atoms with Crippen LogP contribution < -0.4 is 4.90 Å². The van der Waals surface area contributed by atoms with Crippen molar-refractivity contribution in [2.75, 3.05) is 24.5 Å². The Kier molecular flexibility index (Phi) is 4.46. The van der Waals surface area contributed by atoms with Gasteiger partial charge in [0, 0.05) is 36.5 Å². The number of nitrogens with zero attached hydrogens (tertiary/aromatic N) is 4. The number of rotatable bonds is 2. The standard InChI is InChI=1S/C22H28N4O2/c27-17-13-16(14-17)21(28)25-10-3-7-22(9-12-25)8-4-11-26(22)20-18-5-1-2-6-19(18)23-15-24-20/h1-2,5-6,15-17,27H,3-4,7-14H2/t16?,17?,22-/m1/s1. The number of aliphatic hydroxyl groups excluding tert-OH is 1. The number of likely N-dealkylation sites (tertiary alicyclic amines) is 1. The number of benzene rings is 1. The summed E-state index contributed by atoms with van der Waals surface area (Å²) < 4.78 is 0. The van der Waals surface area contributed by atoms with Crippen molar-refractivity contribution in [1.29, 1.82) is 0 Å². The molecule has 6 heteroatoms. The Balaban J connectivity index is 1.39. The minimum absolute atomic E-state index is 0.0366. The Morgan fingerprint density at radius 1 is 1.04 bits per heavy atom. The van der Waals surface area contributed by atoms with Crippen LogP contribution in [0.2, 0.25) is 0 Å². The summed E-state index contributed by atoms with van der Waals surface area (Å²) in [6, 6.07) is 8.23. The molecule has 0 unspecified atom stereocenters. The lowest BCUT2D eigenvalue weighted by atomic mass is 9.81. The van der Waals surface area contributed by atoms with Crippen LogP contribution in [0.3, 0.4) is 0 Å². The first-order valence-corrected chi connectivity index (χ1v) is 10.6. The van der Waals surface area contributed by atoms with E-state index in [9.17, 15) is 9.90 Å². The van der Waals surface area contributed by atoms with Crippen molar-refractivity contribution in [3.8, 4) is 0 Å². The first-order chi connectivity index (χ1) is 13.7. The molecule has 5 rings (SSSR count). The number of fused-ring (bicyclic) bond motifs is 1. The summed E-state index contributed by atoms with van der Waals surface area (Å²) in [5, 5.41) is 10.7. The summed E-state index contributed by atoms with van der Waals surface area (Å²) in [5.41, 5.74) is 1.08. The Bertz CT molecular complexity index is 876. The van der Waals surface area contributed by atoms with E-state index in [0.29, 0.717) is 12.8 Å². The SMILES string of the molecule is O=C(C1CC(O)C1)N1CCC[C@@]2(CCCN2c2ncnc3ccccc23)CC1. The lowest BCUT2D eigenvalue weighted by Crippen LogP contribution is -2.47. The van der Waals surface area contributed by atoms with Gasteiger partial charge in [-0.3, -0.25) is 4.79 Å². The number of amides is 1. The highest BCUT2D eigenvalue weighted by atomic mass is 16.3. The van der Waals surface area contributed by atoms with E-state index in [-0.39, 0.29) is 23.5 Å². The van der Waals surface area contributed by atoms with E-state index < -0.39 is 0 Å². The molecule has 6 nitrogen and oxygen atoms in total. The van der Waals surface area contributed by atoms with Gasteiger partial charge < -0.3 is 14.9 Å². The molecule has 1 saturated carbocycles. The molecule has 1 amide bonds. The van der Waals surface area contributed by atoms with Crippen molar-refractivity contribution in [2.45, 2.75) is 56.6 Å². The second kappa shape index (κ2) is 6.99. The molecule has 3 aliphatic rings. The molecule has 0 radical (unpaired) electrons. The fraction of sp³-hybridized carbons (Fsp3) is 0.591. The van der Waals surface area contributed by atoms with Crippen LogP contribution in [-0.2, 0) is 4.79 Å². The second-order valence-electron chi connectivity index (χ2n) is 8.69. The van der Waals surface area contributed by atoms with Crippen molar-refractivity contribution in [1.82, 2.24) is 14.9 Å². The topological polar surface area (TPSA) is 69.6 Å². The maximum atomic E-state index is 12.8. The minimum Gasteiger partial charge on any atom is -0.393 e. The summed E-state index contributed by atoms with van der Waals surface area (Å²) in [4.78, 5) is 26.5. The van der Waals surface area contributed by atoms with E-state index >= 15 is 0 Å². The van der Waals surface area contributed by atoms with Crippen molar-refractivity contribution >= 4 is 22.6 Å². The minimum atomic E-state index is -0.274. The van der Waals surface area contributed by atoms with Crippen LogP contribution in [0.1, 0.15) is 44.9 Å². The molecule has 148 valence electrons. The molecule has 1 N–H and O–H groups in total. The number of para-hydroxylation sites is 1. The molecular weight excluding hydrogens is 352 g/mol. The van der Waals surface area contributed by atoms with Gasteiger partial charge in [-0.05, 0) is 57.1 Å². The first-order valence-electron chi connectivity index (χ1n) is 10.6. The number of anilines is 1. The second-order valence-corrected chi connectivity index (χ2v) is 8.69. The van der Waals surface area contributed by atoms with Crippen LogP contribution in [0.5, 0.6) is 0 Å². The predicted molar refractivity (Wildman–Crippen MR) is 108 cm³/mol. The lowest BCUT2D eigenvalue weighted by molar-refractivity contribution is -0.142. The molecule has 28 heavy (non-hydrogen) atoms. The van der Waals surface area contributed by atoms with Crippen molar-refractivity contribution in [3.63, 3.8) is 0 Å². The monoisotopic (exact) mass is 380 g/mol. The van der Waals surface area contributed by atoms with Crippen LogP contribution in [-0.4, -0.2) is 57.2 Å². The lowest BCUT2D eigenvalue weighted by Gasteiger charge is -2.39. The molecule has 2 aliphatic heterocycles. The fourth-order valence-corrected chi connectivity index (χ4v) is 5.44. The summed E-state index contributed by atoms with van der Waals surface area (Å²) in [5.74, 6) is 1.33. The molecule has 1 aromatic carbocycles. The molecule has 3 fully saturated rings. The van der Waals surface area contributed by atoms with E-state index in [4.69, 9.17) is 0 Å². The molecule has 1 spiro atoms. The number of aromatic nitrogens is 2. The van der Waals surface area contributed by atoms with E-state index in [1.165, 1.54) is 6.42 Å². The van der Waals surface area contributed by atoms with Gasteiger partial charge in [0.05, 0.1) is 11.6 Å². The molecule has 2 saturated heterocycles. The quantitative estimate of drug-likeness (QED) is 0.868. The van der Waals surface area contributed by atoms with Gasteiger partial charge in [0.2, 0.25) is 5.91 Å². The third-order valence-electron chi connectivity index (χ3n) is 7.07. The van der Waals surface area contributed by atoms with Crippen molar-refractivity contribution in [3.05, 3.63) is 30.6 Å². The maximum Gasteiger partial charge on any atom is 0.225 e. The van der Waals surface area contributed by atoms with Crippen LogP contribution in [0, 0.1) is 5.92 Å². The Morgan fingerprint density at radius 3 is 2.64 bits per heavy atom. The molecule has 2 aromatic rings. The summed E-state index contributed by atoms with van der Waals surface area (Å²) in [6.45, 7) is 2.67. The highest BCUT2D eigenvalue weighted by Crippen LogP contribution is 2.43. The predicted octanol–water partition coefficient (Wildman–Crippen LogP) is 2.75. The van der Waals surface area contributed by atoms with Gasteiger partial charge in [0.15, 0.2) is 0 Å². The zero-order chi connectivity index (χ0) is 19.1. The average Bonchev–Trinajstić information content (AvgIpc) is 2.97. The van der Waals surface area contributed by atoms with Gasteiger partial charge in [-0.25, -0.2) is 9.97 Å². The highest BCUT2D eigenvalue weighted by Gasteiger charge is 2.44. The van der Waals surface area contributed by atoms with E-state index in [0.717, 1.165) is 62.0 Å². The van der Waals surface area contributed by atoms with Gasteiger partial charge >= 0.3 is 0 Å². The Morgan fingerprint density at radius 2 is 1.82 bits per heavy atom. The van der Waals surface area contributed by atoms with Crippen molar-refractivity contribution in [2.24, 2.45) is 5.92 Å². The number of carbonyl (C=O) groups is 1. The summed E-state index contributed by atoms with van der Waals surface area (Å²) >= 11 is 0. The van der Waals surface area contributed by atoms with Crippen LogP contribution in [0.4, 0.5) is 5.82 Å². The van der Waals surface area contributed by atoms with Crippen LogP contribution in [0.15, 0.2) is 30.6 Å². The number of hydrogen-bond donors (Lipinski definition) is 1. The summed E-state index contributed by atoms with van der Waals surface area (Å²) in [7, 11) is 0.